The molecule has 4 rings (SSSR count). The largest absolute Gasteiger partial charge is 0.397 e. The van der Waals surface area contributed by atoms with Gasteiger partial charge in [0.2, 0.25) is 0 Å². The van der Waals surface area contributed by atoms with Crippen LogP contribution >= 0.6 is 22.7 Å². The van der Waals surface area contributed by atoms with E-state index in [-0.39, 0.29) is 4.88 Å². The zero-order chi connectivity index (χ0) is 20.5. The van der Waals surface area contributed by atoms with Crippen LogP contribution in [0.25, 0.3) is 20.7 Å². The van der Waals surface area contributed by atoms with Crippen LogP contribution in [0.5, 0.6) is 0 Å². The van der Waals surface area contributed by atoms with Gasteiger partial charge >= 0.3 is 0 Å². The number of hydrogen-bond donors (Lipinski definition) is 3. The quantitative estimate of drug-likeness (QED) is 0.555. The van der Waals surface area contributed by atoms with E-state index in [0.29, 0.717) is 38.9 Å². The van der Waals surface area contributed by atoms with Gasteiger partial charge in [0, 0.05) is 28.4 Å². The van der Waals surface area contributed by atoms with Crippen LogP contribution in [-0.2, 0) is 0 Å². The Bertz CT molecular complexity index is 1100. The Hall–Kier alpha value is -2.67. The second-order valence-corrected chi connectivity index (χ2v) is 9.13. The summed E-state index contributed by atoms with van der Waals surface area (Å²) in [5, 5.41) is 15.9. The van der Waals surface area contributed by atoms with Gasteiger partial charge in [-0.15, -0.1) is 22.7 Å². The molecule has 1 aliphatic rings. The molecule has 9 heteroatoms. The molecule has 150 valence electrons. The summed E-state index contributed by atoms with van der Waals surface area (Å²) in [4.78, 5) is 20.6. The number of anilines is 2. The average molecular weight is 427 g/mol. The Morgan fingerprint density at radius 2 is 2.34 bits per heavy atom. The van der Waals surface area contributed by atoms with Gasteiger partial charge in [-0.1, -0.05) is 6.07 Å². The van der Waals surface area contributed by atoms with Gasteiger partial charge in [0.15, 0.2) is 0 Å². The average Bonchev–Trinajstić information content (AvgIpc) is 3.42. The molecular weight excluding hydrogens is 404 g/mol. The number of carbonyl (C=O) groups is 1. The number of nitrogens with two attached hydrogens (primary N) is 2. The predicted octanol–water partition coefficient (Wildman–Crippen LogP) is 3.47. The fourth-order valence-electron chi connectivity index (χ4n) is 3.94. The van der Waals surface area contributed by atoms with Crippen LogP contribution in [0.3, 0.4) is 0 Å². The molecule has 1 unspecified atom stereocenters. The number of nitrogens with zero attached hydrogens (tertiary/aromatic N) is 3. The monoisotopic (exact) mass is 426 g/mol. The summed E-state index contributed by atoms with van der Waals surface area (Å²) in [5.41, 5.74) is 13.2. The van der Waals surface area contributed by atoms with E-state index in [2.05, 4.69) is 28.3 Å². The van der Waals surface area contributed by atoms with Crippen molar-refractivity contribution in [3.05, 3.63) is 28.0 Å². The molecule has 1 aliphatic heterocycles. The van der Waals surface area contributed by atoms with Gasteiger partial charge in [0.1, 0.15) is 27.2 Å². The van der Waals surface area contributed by atoms with Crippen LogP contribution < -0.4 is 16.8 Å². The van der Waals surface area contributed by atoms with Crippen molar-refractivity contribution in [2.45, 2.75) is 25.3 Å². The predicted molar refractivity (Wildman–Crippen MR) is 119 cm³/mol. The van der Waals surface area contributed by atoms with Crippen LogP contribution in [-0.4, -0.2) is 42.0 Å². The number of likely N-dealkylation sites (tertiary alicyclic amines) is 1. The van der Waals surface area contributed by atoms with Crippen LogP contribution in [0.2, 0.25) is 0 Å². The molecule has 1 atom stereocenters. The summed E-state index contributed by atoms with van der Waals surface area (Å²) in [6, 6.07) is 6.72. The maximum atomic E-state index is 11.8. The molecule has 1 amide bonds. The molecule has 1 saturated heterocycles. The maximum absolute atomic E-state index is 11.8. The lowest BCUT2D eigenvalue weighted by Gasteiger charge is -2.20. The normalized spacial score (nSPS) is 16.9. The lowest BCUT2D eigenvalue weighted by atomic mass is 10.0. The Labute approximate surface area is 176 Å². The van der Waals surface area contributed by atoms with Gasteiger partial charge < -0.3 is 21.7 Å². The first-order valence-electron chi connectivity index (χ1n) is 9.45. The third kappa shape index (κ3) is 3.55. The molecule has 0 aromatic carbocycles. The molecule has 5 N–H and O–H groups in total. The fraction of sp³-hybridized carbons (Fsp3) is 0.350. The summed E-state index contributed by atoms with van der Waals surface area (Å²) in [6.07, 6.45) is 3.40. The molecule has 3 aromatic rings. The second kappa shape index (κ2) is 7.99. The molecule has 0 spiro atoms. The van der Waals surface area contributed by atoms with Gasteiger partial charge in [-0.05, 0) is 44.3 Å². The number of aromatic nitrogens is 1. The Kier molecular flexibility index (Phi) is 5.41. The first-order chi connectivity index (χ1) is 14.0. The number of fused-ring (bicyclic) bond motifs is 1. The molecule has 0 aliphatic carbocycles. The zero-order valence-corrected chi connectivity index (χ0v) is 17.7. The Balaban J connectivity index is 1.78. The minimum atomic E-state index is -0.583. The number of rotatable bonds is 6. The smallest absolute Gasteiger partial charge is 0.260 e. The minimum Gasteiger partial charge on any atom is -0.397 e. The van der Waals surface area contributed by atoms with E-state index in [9.17, 15) is 10.1 Å². The third-order valence-electron chi connectivity index (χ3n) is 5.42. The van der Waals surface area contributed by atoms with Crippen molar-refractivity contribution in [2.24, 2.45) is 5.73 Å². The van der Waals surface area contributed by atoms with Gasteiger partial charge in [-0.2, -0.15) is 5.26 Å². The molecule has 0 radical (unpaired) electrons. The summed E-state index contributed by atoms with van der Waals surface area (Å²) in [6.45, 7) is 1.85. The van der Waals surface area contributed by atoms with Crippen molar-refractivity contribution in [1.29, 1.82) is 5.26 Å². The molecule has 0 bridgehead atoms. The van der Waals surface area contributed by atoms with Crippen LogP contribution in [0.15, 0.2) is 17.5 Å². The van der Waals surface area contributed by atoms with E-state index in [1.165, 1.54) is 35.5 Å². The number of nitrogen functional groups attached to an aromatic ring is 1. The van der Waals surface area contributed by atoms with Gasteiger partial charge in [0.05, 0.1) is 5.69 Å². The van der Waals surface area contributed by atoms with E-state index in [4.69, 9.17) is 11.5 Å². The van der Waals surface area contributed by atoms with Crippen molar-refractivity contribution in [2.75, 3.05) is 31.2 Å². The summed E-state index contributed by atoms with van der Waals surface area (Å²) >= 11 is 2.69. The Morgan fingerprint density at radius 1 is 1.52 bits per heavy atom. The summed E-state index contributed by atoms with van der Waals surface area (Å²) in [7, 11) is 2.15. The Morgan fingerprint density at radius 3 is 2.97 bits per heavy atom. The topological polar surface area (TPSA) is 121 Å². The van der Waals surface area contributed by atoms with Crippen molar-refractivity contribution < 1.29 is 4.79 Å². The number of pyridine rings is 1. The third-order valence-corrected chi connectivity index (χ3v) is 7.42. The van der Waals surface area contributed by atoms with Crippen LogP contribution in [0.4, 0.5) is 11.5 Å². The van der Waals surface area contributed by atoms with E-state index >= 15 is 0 Å². The maximum Gasteiger partial charge on any atom is 0.260 e. The van der Waals surface area contributed by atoms with Crippen molar-refractivity contribution in [3.8, 4) is 16.5 Å². The number of thiophene rings is 2. The second-order valence-electron chi connectivity index (χ2n) is 7.18. The molecule has 4 heterocycles. The van der Waals surface area contributed by atoms with Gasteiger partial charge in [-0.3, -0.25) is 4.79 Å². The number of hydrogen-bond acceptors (Lipinski definition) is 8. The number of primary amides is 1. The lowest BCUT2D eigenvalue weighted by molar-refractivity contribution is 0.100. The first kappa shape index (κ1) is 19.6. The van der Waals surface area contributed by atoms with Gasteiger partial charge in [-0.25, -0.2) is 4.98 Å². The van der Waals surface area contributed by atoms with E-state index < -0.39 is 5.91 Å². The summed E-state index contributed by atoms with van der Waals surface area (Å²) in [5.74, 6) is -0.0544. The van der Waals surface area contributed by atoms with Crippen molar-refractivity contribution in [3.63, 3.8) is 0 Å². The van der Waals surface area contributed by atoms with Gasteiger partial charge in [0.25, 0.3) is 5.91 Å². The molecule has 0 saturated carbocycles. The molecular formula is C20H22N6OS2. The van der Waals surface area contributed by atoms with Crippen molar-refractivity contribution in [1.82, 2.24) is 9.88 Å². The molecule has 29 heavy (non-hydrogen) atoms. The number of nitrogens with one attached hydrogen (secondary N) is 1. The SMILES string of the molecule is CN1CCCC1CCNc1nc2sc(C(N)=O)c(N)c2c(-c2cccs2)c1C#N. The van der Waals surface area contributed by atoms with E-state index in [1.54, 1.807) is 0 Å². The highest BCUT2D eigenvalue weighted by Gasteiger charge is 2.25. The number of carbonyl (C=O) groups excluding carboxylic acids is 1. The van der Waals surface area contributed by atoms with Crippen molar-refractivity contribution >= 4 is 50.3 Å². The number of amides is 1. The number of nitriles is 1. The molecule has 3 aromatic heterocycles. The van der Waals surface area contributed by atoms with E-state index in [1.807, 2.05) is 17.5 Å². The lowest BCUT2D eigenvalue weighted by Crippen LogP contribution is -2.27. The van der Waals surface area contributed by atoms with Crippen LogP contribution in [0.1, 0.15) is 34.5 Å². The molecule has 7 nitrogen and oxygen atoms in total. The highest BCUT2D eigenvalue weighted by Crippen LogP contribution is 2.44. The standard InChI is InChI=1S/C20H22N6OS2/c1-26-8-2-4-11(26)6-7-24-19-12(10-21)14(13-5-3-9-28-13)15-16(22)17(18(23)27)29-20(15)25-19/h3,5,9,11H,2,4,6-8,22H2,1H3,(H2,23,27)(H,24,25). The first-order valence-corrected chi connectivity index (χ1v) is 11.1. The highest BCUT2D eigenvalue weighted by atomic mass is 32.1. The fourth-order valence-corrected chi connectivity index (χ4v) is 5.68. The van der Waals surface area contributed by atoms with E-state index in [0.717, 1.165) is 24.4 Å². The molecule has 1 fully saturated rings. The minimum absolute atomic E-state index is 0.277. The summed E-state index contributed by atoms with van der Waals surface area (Å²) < 4.78 is 0. The van der Waals surface area contributed by atoms with Crippen LogP contribution in [0, 0.1) is 11.3 Å². The highest BCUT2D eigenvalue weighted by molar-refractivity contribution is 7.21. The zero-order valence-electron chi connectivity index (χ0n) is 16.1.